The predicted molar refractivity (Wildman–Crippen MR) is 105 cm³/mol. The summed E-state index contributed by atoms with van der Waals surface area (Å²) in [6, 6.07) is 11.9. The van der Waals surface area contributed by atoms with E-state index in [9.17, 15) is 14.4 Å². The molecule has 8 heteroatoms. The summed E-state index contributed by atoms with van der Waals surface area (Å²) in [5.74, 6) is -0.0523. The van der Waals surface area contributed by atoms with Gasteiger partial charge in [0.25, 0.3) is 5.56 Å². The molecule has 3 heterocycles. The van der Waals surface area contributed by atoms with E-state index in [1.165, 1.54) is 10.5 Å². The molecule has 0 spiro atoms. The van der Waals surface area contributed by atoms with Crippen LogP contribution in [0, 0.1) is 6.92 Å². The Morgan fingerprint density at radius 1 is 1.17 bits per heavy atom. The number of aryl methyl sites for hydroxylation is 2. The van der Waals surface area contributed by atoms with Crippen molar-refractivity contribution >= 4 is 23.2 Å². The molecule has 0 atom stereocenters. The van der Waals surface area contributed by atoms with E-state index in [0.717, 1.165) is 16.9 Å². The van der Waals surface area contributed by atoms with Crippen LogP contribution in [0.2, 0.25) is 0 Å². The summed E-state index contributed by atoms with van der Waals surface area (Å²) in [5.41, 5.74) is 3.16. The zero-order valence-electron chi connectivity index (χ0n) is 15.8. The Labute approximate surface area is 166 Å². The number of aromatic nitrogens is 2. The number of hydrogen-bond donors (Lipinski definition) is 1. The summed E-state index contributed by atoms with van der Waals surface area (Å²) in [5, 5.41) is 2.79. The maximum atomic E-state index is 12.2. The Balaban J connectivity index is 1.35. The van der Waals surface area contributed by atoms with Crippen molar-refractivity contribution in [3.8, 4) is 5.75 Å². The van der Waals surface area contributed by atoms with Gasteiger partial charge in [0.05, 0.1) is 5.69 Å². The van der Waals surface area contributed by atoms with Crippen molar-refractivity contribution in [3.05, 3.63) is 69.8 Å². The van der Waals surface area contributed by atoms with Crippen LogP contribution in [0.25, 0.3) is 5.65 Å². The Kier molecular flexibility index (Phi) is 4.99. The topological polar surface area (TPSA) is 99.0 Å². The smallest absolute Gasteiger partial charge is 0.344 e. The van der Waals surface area contributed by atoms with Crippen molar-refractivity contribution in [2.75, 3.05) is 11.9 Å². The lowest BCUT2D eigenvalue weighted by molar-refractivity contribution is -0.147. The highest BCUT2D eigenvalue weighted by Gasteiger charge is 2.15. The number of anilines is 1. The summed E-state index contributed by atoms with van der Waals surface area (Å²) in [4.78, 5) is 40.0. The minimum atomic E-state index is -0.567. The van der Waals surface area contributed by atoms with E-state index in [1.807, 2.05) is 19.1 Å². The quantitative estimate of drug-likeness (QED) is 0.666. The molecule has 2 aromatic heterocycles. The van der Waals surface area contributed by atoms with Crippen molar-refractivity contribution in [1.82, 2.24) is 9.38 Å². The monoisotopic (exact) mass is 393 g/mol. The van der Waals surface area contributed by atoms with Gasteiger partial charge in [-0.1, -0.05) is 6.07 Å². The zero-order chi connectivity index (χ0) is 20.4. The third kappa shape index (κ3) is 4.11. The van der Waals surface area contributed by atoms with Crippen LogP contribution in [-0.4, -0.2) is 27.9 Å². The van der Waals surface area contributed by atoms with Gasteiger partial charge in [0.2, 0.25) is 5.91 Å². The number of hydrogen-bond acceptors (Lipinski definition) is 6. The highest BCUT2D eigenvalue weighted by Crippen LogP contribution is 2.26. The Bertz CT molecular complexity index is 1170. The minimum Gasteiger partial charge on any atom is -0.482 e. The third-order valence-electron chi connectivity index (χ3n) is 4.64. The van der Waals surface area contributed by atoms with Gasteiger partial charge in [-0.2, -0.15) is 0 Å². The van der Waals surface area contributed by atoms with E-state index < -0.39 is 5.97 Å². The van der Waals surface area contributed by atoms with Gasteiger partial charge in [0.1, 0.15) is 18.0 Å². The molecule has 0 radical (unpaired) electrons. The van der Waals surface area contributed by atoms with Crippen molar-refractivity contribution in [1.29, 1.82) is 0 Å². The van der Waals surface area contributed by atoms with Crippen molar-refractivity contribution < 1.29 is 19.1 Å². The third-order valence-corrected chi connectivity index (χ3v) is 4.64. The van der Waals surface area contributed by atoms with Gasteiger partial charge in [-0.3, -0.25) is 14.0 Å². The molecule has 29 heavy (non-hydrogen) atoms. The first-order valence-electron chi connectivity index (χ1n) is 9.19. The van der Waals surface area contributed by atoms with Gasteiger partial charge < -0.3 is 14.8 Å². The van der Waals surface area contributed by atoms with Crippen LogP contribution in [0.1, 0.15) is 23.4 Å². The largest absolute Gasteiger partial charge is 0.482 e. The number of nitrogens with zero attached hydrogens (tertiary/aromatic N) is 2. The number of esters is 1. The molecule has 1 aliphatic heterocycles. The summed E-state index contributed by atoms with van der Waals surface area (Å²) in [6.45, 7) is 1.44. The number of rotatable bonds is 5. The van der Waals surface area contributed by atoms with Crippen molar-refractivity contribution in [2.24, 2.45) is 0 Å². The highest BCUT2D eigenvalue weighted by atomic mass is 16.6. The van der Waals surface area contributed by atoms with Crippen LogP contribution in [-0.2, 0) is 27.4 Å². The number of carbonyl (C=O) groups excluding carboxylic acids is 2. The van der Waals surface area contributed by atoms with Crippen molar-refractivity contribution in [2.45, 2.75) is 26.4 Å². The number of nitrogens with one attached hydrogen (secondary N) is 1. The van der Waals surface area contributed by atoms with Crippen LogP contribution < -0.4 is 15.6 Å². The van der Waals surface area contributed by atoms with Gasteiger partial charge in [0, 0.05) is 23.9 Å². The first-order valence-corrected chi connectivity index (χ1v) is 9.19. The molecule has 0 unspecified atom stereocenters. The van der Waals surface area contributed by atoms with E-state index >= 15 is 0 Å². The molecule has 8 nitrogen and oxygen atoms in total. The van der Waals surface area contributed by atoms with Crippen LogP contribution in [0.15, 0.2) is 47.3 Å². The van der Waals surface area contributed by atoms with E-state index in [-0.39, 0.29) is 24.7 Å². The van der Waals surface area contributed by atoms with Gasteiger partial charge >= 0.3 is 5.97 Å². The summed E-state index contributed by atoms with van der Waals surface area (Å²) >= 11 is 0. The molecule has 1 amide bonds. The highest BCUT2D eigenvalue weighted by molar-refractivity contribution is 5.94. The molecule has 0 fully saturated rings. The summed E-state index contributed by atoms with van der Waals surface area (Å²) in [6.07, 6.45) is 1.06. The number of pyridine rings is 1. The number of benzene rings is 1. The van der Waals surface area contributed by atoms with Gasteiger partial charge in [-0.15, -0.1) is 0 Å². The fourth-order valence-corrected chi connectivity index (χ4v) is 3.23. The van der Waals surface area contributed by atoms with E-state index in [2.05, 4.69) is 10.3 Å². The van der Waals surface area contributed by atoms with Crippen molar-refractivity contribution in [3.63, 3.8) is 0 Å². The Morgan fingerprint density at radius 2 is 2.03 bits per heavy atom. The van der Waals surface area contributed by atoms with E-state index in [1.54, 1.807) is 24.3 Å². The molecule has 0 saturated carbocycles. The molecule has 148 valence electrons. The second-order valence-corrected chi connectivity index (χ2v) is 6.76. The van der Waals surface area contributed by atoms with Crippen LogP contribution in [0.4, 0.5) is 5.69 Å². The van der Waals surface area contributed by atoms with Gasteiger partial charge in [-0.25, -0.2) is 9.78 Å². The standard InChI is InChI=1S/C21H19N3O5/c1-13-3-2-4-18-22-15(10-20(26)24(13)18)11-29-21(27)12-28-16-6-7-17-14(9-16)5-8-19(25)23-17/h2-4,6-7,9-10H,5,8,11-12H2,1H3,(H,23,25). The maximum absolute atomic E-state index is 12.2. The fraction of sp³-hybridized carbons (Fsp3) is 0.238. The second kappa shape index (κ2) is 7.75. The average Bonchev–Trinajstić information content (AvgIpc) is 2.70. The first kappa shape index (κ1) is 18.7. The molecular formula is C21H19N3O5. The molecule has 4 rings (SSSR count). The fourth-order valence-electron chi connectivity index (χ4n) is 3.23. The van der Waals surface area contributed by atoms with Gasteiger partial charge in [0.15, 0.2) is 6.61 Å². The molecule has 0 bridgehead atoms. The summed E-state index contributed by atoms with van der Waals surface area (Å²) < 4.78 is 12.2. The first-order chi connectivity index (χ1) is 14.0. The van der Waals surface area contributed by atoms with E-state index in [0.29, 0.717) is 29.9 Å². The van der Waals surface area contributed by atoms with E-state index in [4.69, 9.17) is 9.47 Å². The lowest BCUT2D eigenvalue weighted by Gasteiger charge is -2.17. The normalized spacial score (nSPS) is 12.9. The predicted octanol–water partition coefficient (Wildman–Crippen LogP) is 2.01. The molecule has 1 aromatic carbocycles. The molecule has 0 saturated heterocycles. The molecule has 0 aliphatic carbocycles. The minimum absolute atomic E-state index is 0.00755. The SMILES string of the molecule is Cc1cccc2nc(COC(=O)COc3ccc4c(c3)CCC(=O)N4)cc(=O)n12. The lowest BCUT2D eigenvalue weighted by Crippen LogP contribution is -2.20. The maximum Gasteiger partial charge on any atom is 0.344 e. The molecule has 1 N–H and O–H groups in total. The van der Waals surface area contributed by atoms with Gasteiger partial charge in [-0.05, 0) is 49.2 Å². The average molecular weight is 393 g/mol. The summed E-state index contributed by atoms with van der Waals surface area (Å²) in [7, 11) is 0. The molecule has 1 aliphatic rings. The lowest BCUT2D eigenvalue weighted by atomic mass is 10.0. The van der Waals surface area contributed by atoms with Crippen LogP contribution >= 0.6 is 0 Å². The molecule has 3 aromatic rings. The zero-order valence-corrected chi connectivity index (χ0v) is 15.8. The molecular weight excluding hydrogens is 374 g/mol. The second-order valence-electron chi connectivity index (χ2n) is 6.76. The number of carbonyl (C=O) groups is 2. The van der Waals surface area contributed by atoms with Crippen LogP contribution in [0.3, 0.4) is 0 Å². The van der Waals surface area contributed by atoms with Crippen LogP contribution in [0.5, 0.6) is 5.75 Å². The number of fused-ring (bicyclic) bond motifs is 2. The number of amides is 1. The Morgan fingerprint density at radius 3 is 2.90 bits per heavy atom. The number of ether oxygens (including phenoxy) is 2. The Hall–Kier alpha value is -3.68.